The van der Waals surface area contributed by atoms with Crippen LogP contribution in [-0.2, 0) is 31.8 Å². The van der Waals surface area contributed by atoms with Gasteiger partial charge in [0.1, 0.15) is 0 Å². The molecule has 0 saturated heterocycles. The van der Waals surface area contributed by atoms with E-state index in [-0.39, 0.29) is 0 Å². The Bertz CT molecular complexity index is 581. The fraction of sp³-hybridized carbons (Fsp3) is 0.500. The molecule has 0 bridgehead atoms. The van der Waals surface area contributed by atoms with Crippen molar-refractivity contribution in [1.82, 2.24) is 9.97 Å². The van der Waals surface area contributed by atoms with E-state index in [0.717, 1.165) is 24.2 Å². The molecule has 0 unspecified atom stereocenters. The van der Waals surface area contributed by atoms with Crippen LogP contribution in [-0.4, -0.2) is 63.8 Å². The van der Waals surface area contributed by atoms with E-state index in [2.05, 4.69) is 22.1 Å². The van der Waals surface area contributed by atoms with Crippen molar-refractivity contribution in [3.05, 3.63) is 47.8 Å². The summed E-state index contributed by atoms with van der Waals surface area (Å²) in [4.78, 5) is 8.92. The Hall–Kier alpha value is -1.86. The average molecular weight is 360 g/mol. The summed E-state index contributed by atoms with van der Waals surface area (Å²) in [5, 5.41) is 0. The largest absolute Gasteiger partial charge is 0.382 e. The summed E-state index contributed by atoms with van der Waals surface area (Å²) in [5.74, 6) is 0. The fourth-order valence-electron chi connectivity index (χ4n) is 2.41. The van der Waals surface area contributed by atoms with Gasteiger partial charge in [0.15, 0.2) is 0 Å². The van der Waals surface area contributed by atoms with Gasteiger partial charge in [-0.05, 0) is 48.2 Å². The van der Waals surface area contributed by atoms with Gasteiger partial charge in [0.25, 0.3) is 0 Å². The second kappa shape index (κ2) is 12.5. The van der Waals surface area contributed by atoms with Crippen LogP contribution in [0.5, 0.6) is 0 Å². The van der Waals surface area contributed by atoms with Crippen molar-refractivity contribution >= 4 is 0 Å². The summed E-state index contributed by atoms with van der Waals surface area (Å²) < 4.78 is 21.0. The molecule has 6 heteroatoms. The Kier molecular flexibility index (Phi) is 9.82. The molecule has 2 aromatic rings. The SMILES string of the molecule is COCCOCCc1ccnc(-c2cc(CCOCCOC)ccn2)c1. The standard InChI is InChI=1S/C20H28N2O4/c1-23-11-13-25-9-5-17-3-7-21-19(15-17)20-16-18(4-8-22-20)6-10-26-14-12-24-2/h3-4,7-8,15-16H,5-6,9-14H2,1-2H3. The third-order valence-electron chi connectivity index (χ3n) is 3.84. The van der Waals surface area contributed by atoms with Gasteiger partial charge in [-0.2, -0.15) is 0 Å². The first-order valence-corrected chi connectivity index (χ1v) is 8.87. The van der Waals surface area contributed by atoms with Gasteiger partial charge >= 0.3 is 0 Å². The molecule has 2 rings (SSSR count). The van der Waals surface area contributed by atoms with Gasteiger partial charge in [-0.25, -0.2) is 0 Å². The van der Waals surface area contributed by atoms with E-state index in [1.54, 1.807) is 14.2 Å². The Morgan fingerprint density at radius 1 is 0.654 bits per heavy atom. The highest BCUT2D eigenvalue weighted by Crippen LogP contribution is 2.17. The average Bonchev–Trinajstić information content (AvgIpc) is 2.68. The third kappa shape index (κ3) is 7.58. The molecule has 2 heterocycles. The van der Waals surface area contributed by atoms with Crippen LogP contribution in [0.4, 0.5) is 0 Å². The topological polar surface area (TPSA) is 62.7 Å². The first-order chi connectivity index (χ1) is 12.8. The summed E-state index contributed by atoms with van der Waals surface area (Å²) in [5.41, 5.74) is 4.12. The van der Waals surface area contributed by atoms with E-state index in [1.165, 1.54) is 11.1 Å². The Morgan fingerprint density at radius 3 is 1.54 bits per heavy atom. The second-order valence-electron chi connectivity index (χ2n) is 5.81. The van der Waals surface area contributed by atoms with E-state index in [9.17, 15) is 0 Å². The van der Waals surface area contributed by atoms with Gasteiger partial charge in [0, 0.05) is 26.6 Å². The highest BCUT2D eigenvalue weighted by atomic mass is 16.5. The molecule has 0 atom stereocenters. The van der Waals surface area contributed by atoms with Crippen LogP contribution in [0.25, 0.3) is 11.4 Å². The lowest BCUT2D eigenvalue weighted by molar-refractivity contribution is 0.0722. The summed E-state index contributed by atoms with van der Waals surface area (Å²) in [7, 11) is 3.34. The molecule has 142 valence electrons. The van der Waals surface area contributed by atoms with E-state index < -0.39 is 0 Å². The smallest absolute Gasteiger partial charge is 0.0888 e. The van der Waals surface area contributed by atoms with Crippen molar-refractivity contribution in [1.29, 1.82) is 0 Å². The highest BCUT2D eigenvalue weighted by molar-refractivity contribution is 5.55. The Labute approximate surface area is 155 Å². The Morgan fingerprint density at radius 2 is 1.12 bits per heavy atom. The molecular formula is C20H28N2O4. The molecule has 0 spiro atoms. The predicted molar refractivity (Wildman–Crippen MR) is 100 cm³/mol. The minimum atomic E-state index is 0.616. The lowest BCUT2D eigenvalue weighted by atomic mass is 10.1. The second-order valence-corrected chi connectivity index (χ2v) is 5.81. The predicted octanol–water partition coefficient (Wildman–Crippen LogP) is 2.55. The quantitative estimate of drug-likeness (QED) is 0.512. The fourth-order valence-corrected chi connectivity index (χ4v) is 2.41. The Balaban J connectivity index is 1.89. The van der Waals surface area contributed by atoms with Crippen LogP contribution < -0.4 is 0 Å². The lowest BCUT2D eigenvalue weighted by Gasteiger charge is -2.07. The summed E-state index contributed by atoms with van der Waals surface area (Å²) >= 11 is 0. The minimum absolute atomic E-state index is 0.616. The zero-order valence-corrected chi connectivity index (χ0v) is 15.6. The molecule has 0 N–H and O–H groups in total. The van der Waals surface area contributed by atoms with Crippen LogP contribution in [0.3, 0.4) is 0 Å². The molecule has 26 heavy (non-hydrogen) atoms. The van der Waals surface area contributed by atoms with Gasteiger partial charge in [-0.3, -0.25) is 9.97 Å². The monoisotopic (exact) mass is 360 g/mol. The van der Waals surface area contributed by atoms with Gasteiger partial charge in [0.2, 0.25) is 0 Å². The molecular weight excluding hydrogens is 332 g/mol. The van der Waals surface area contributed by atoms with Crippen LogP contribution in [0, 0.1) is 0 Å². The van der Waals surface area contributed by atoms with Crippen molar-refractivity contribution in [3.8, 4) is 11.4 Å². The molecule has 0 aliphatic heterocycles. The number of rotatable bonds is 13. The van der Waals surface area contributed by atoms with Gasteiger partial charge < -0.3 is 18.9 Å². The van der Waals surface area contributed by atoms with Crippen LogP contribution in [0.1, 0.15) is 11.1 Å². The van der Waals surface area contributed by atoms with E-state index in [1.807, 2.05) is 24.5 Å². The van der Waals surface area contributed by atoms with Crippen LogP contribution in [0.2, 0.25) is 0 Å². The van der Waals surface area contributed by atoms with Gasteiger partial charge in [-0.15, -0.1) is 0 Å². The molecule has 2 aromatic heterocycles. The number of ether oxygens (including phenoxy) is 4. The number of nitrogens with zero attached hydrogens (tertiary/aromatic N) is 2. The van der Waals surface area contributed by atoms with Crippen LogP contribution in [0.15, 0.2) is 36.7 Å². The maximum absolute atomic E-state index is 5.53. The minimum Gasteiger partial charge on any atom is -0.382 e. The number of methoxy groups -OCH3 is 2. The van der Waals surface area contributed by atoms with E-state index in [0.29, 0.717) is 39.6 Å². The van der Waals surface area contributed by atoms with Crippen LogP contribution >= 0.6 is 0 Å². The first-order valence-electron chi connectivity index (χ1n) is 8.87. The first kappa shape index (κ1) is 20.5. The molecule has 0 radical (unpaired) electrons. The number of hydrogen-bond acceptors (Lipinski definition) is 6. The lowest BCUT2D eigenvalue weighted by Crippen LogP contribution is -2.05. The van der Waals surface area contributed by atoms with Gasteiger partial charge in [0.05, 0.1) is 51.0 Å². The highest BCUT2D eigenvalue weighted by Gasteiger charge is 2.04. The van der Waals surface area contributed by atoms with Crippen molar-refractivity contribution in [2.45, 2.75) is 12.8 Å². The normalized spacial score (nSPS) is 11.0. The molecule has 6 nitrogen and oxygen atoms in total. The summed E-state index contributed by atoms with van der Waals surface area (Å²) in [6.45, 7) is 3.80. The van der Waals surface area contributed by atoms with Crippen molar-refractivity contribution in [3.63, 3.8) is 0 Å². The maximum atomic E-state index is 5.53. The molecule has 0 aromatic carbocycles. The van der Waals surface area contributed by atoms with Crippen molar-refractivity contribution < 1.29 is 18.9 Å². The molecule has 0 fully saturated rings. The zero-order valence-electron chi connectivity index (χ0n) is 15.6. The summed E-state index contributed by atoms with van der Waals surface area (Å²) in [6.07, 6.45) is 5.32. The zero-order chi connectivity index (χ0) is 18.5. The van der Waals surface area contributed by atoms with E-state index >= 15 is 0 Å². The van der Waals surface area contributed by atoms with Gasteiger partial charge in [-0.1, -0.05) is 0 Å². The maximum Gasteiger partial charge on any atom is 0.0888 e. The molecule has 0 saturated carbocycles. The van der Waals surface area contributed by atoms with Crippen molar-refractivity contribution in [2.24, 2.45) is 0 Å². The summed E-state index contributed by atoms with van der Waals surface area (Å²) in [6, 6.07) is 8.16. The van der Waals surface area contributed by atoms with Crippen molar-refractivity contribution in [2.75, 3.05) is 53.9 Å². The molecule has 0 amide bonds. The van der Waals surface area contributed by atoms with E-state index in [4.69, 9.17) is 18.9 Å². The third-order valence-corrected chi connectivity index (χ3v) is 3.84. The number of pyridine rings is 2. The molecule has 0 aliphatic rings. The number of hydrogen-bond donors (Lipinski definition) is 0. The number of aromatic nitrogens is 2. The molecule has 0 aliphatic carbocycles.